The van der Waals surface area contributed by atoms with Crippen molar-refractivity contribution in [1.82, 2.24) is 15.5 Å². The predicted octanol–water partition coefficient (Wildman–Crippen LogP) is 2.76. The number of likely N-dealkylation sites (tertiary alicyclic amines) is 1. The monoisotopic (exact) mass is 453 g/mol. The van der Waals surface area contributed by atoms with Crippen LogP contribution in [0.25, 0.3) is 0 Å². The number of piperidine rings is 1. The van der Waals surface area contributed by atoms with Gasteiger partial charge in [0.1, 0.15) is 17.6 Å². The summed E-state index contributed by atoms with van der Waals surface area (Å²) in [4.78, 5) is 40.5. The van der Waals surface area contributed by atoms with Gasteiger partial charge in [-0.1, -0.05) is 12.1 Å². The summed E-state index contributed by atoms with van der Waals surface area (Å²) in [6.45, 7) is 0.947. The third-order valence-electron chi connectivity index (χ3n) is 6.23. The molecule has 0 unspecified atom stereocenters. The second-order valence-electron chi connectivity index (χ2n) is 8.57. The third kappa shape index (κ3) is 5.50. The highest BCUT2D eigenvalue weighted by atomic mass is 19.1. The lowest BCUT2D eigenvalue weighted by Gasteiger charge is -2.36. The van der Waals surface area contributed by atoms with Gasteiger partial charge < -0.3 is 20.3 Å². The van der Waals surface area contributed by atoms with Crippen molar-refractivity contribution < 1.29 is 23.5 Å². The zero-order valence-corrected chi connectivity index (χ0v) is 18.6. The van der Waals surface area contributed by atoms with E-state index in [1.54, 1.807) is 23.1 Å². The molecule has 2 aliphatic rings. The third-order valence-corrected chi connectivity index (χ3v) is 6.23. The van der Waals surface area contributed by atoms with E-state index in [1.165, 1.54) is 31.4 Å². The molecule has 0 spiro atoms. The van der Waals surface area contributed by atoms with E-state index in [0.717, 1.165) is 12.8 Å². The van der Waals surface area contributed by atoms with Gasteiger partial charge in [0.15, 0.2) is 0 Å². The fourth-order valence-corrected chi connectivity index (χ4v) is 4.17. The average molecular weight is 454 g/mol. The van der Waals surface area contributed by atoms with Gasteiger partial charge in [-0.05, 0) is 68.0 Å². The molecule has 1 atom stereocenters. The molecule has 0 aromatic heterocycles. The van der Waals surface area contributed by atoms with Crippen molar-refractivity contribution in [2.45, 2.75) is 37.8 Å². The van der Waals surface area contributed by atoms with Crippen molar-refractivity contribution in [3.05, 3.63) is 65.5 Å². The highest BCUT2D eigenvalue weighted by Crippen LogP contribution is 2.26. The largest absolute Gasteiger partial charge is 0.496 e. The molecular formula is C25H28FN3O4. The van der Waals surface area contributed by atoms with Gasteiger partial charge >= 0.3 is 0 Å². The van der Waals surface area contributed by atoms with Gasteiger partial charge in [0.2, 0.25) is 5.91 Å². The lowest BCUT2D eigenvalue weighted by molar-refractivity contribution is -0.124. The van der Waals surface area contributed by atoms with Crippen LogP contribution >= 0.6 is 0 Å². The number of nitrogens with one attached hydrogen (secondary N) is 2. The fourth-order valence-electron chi connectivity index (χ4n) is 4.17. The number of amides is 3. The summed E-state index contributed by atoms with van der Waals surface area (Å²) in [7, 11) is 1.53. The van der Waals surface area contributed by atoms with Crippen LogP contribution in [-0.2, 0) is 4.79 Å². The highest BCUT2D eigenvalue weighted by Gasteiger charge is 2.36. The van der Waals surface area contributed by atoms with Gasteiger partial charge in [0.05, 0.1) is 12.7 Å². The molecule has 0 bridgehead atoms. The number of benzene rings is 2. The molecule has 1 saturated heterocycles. The molecule has 174 valence electrons. The number of ether oxygens (including phenoxy) is 1. The number of carbonyl (C=O) groups is 3. The van der Waals surface area contributed by atoms with Crippen molar-refractivity contribution in [3.63, 3.8) is 0 Å². The average Bonchev–Trinajstić information content (AvgIpc) is 3.66. The van der Waals surface area contributed by atoms with Crippen molar-refractivity contribution in [2.24, 2.45) is 5.92 Å². The van der Waals surface area contributed by atoms with Gasteiger partial charge in [0, 0.05) is 24.7 Å². The summed E-state index contributed by atoms with van der Waals surface area (Å²) in [5, 5.41) is 5.83. The molecule has 2 aromatic carbocycles. The van der Waals surface area contributed by atoms with Gasteiger partial charge in [-0.2, -0.15) is 0 Å². The second-order valence-corrected chi connectivity index (χ2v) is 8.57. The summed E-state index contributed by atoms with van der Waals surface area (Å²) in [6, 6.07) is 11.8. The smallest absolute Gasteiger partial charge is 0.257 e. The zero-order valence-electron chi connectivity index (χ0n) is 18.6. The van der Waals surface area contributed by atoms with E-state index in [1.807, 2.05) is 6.07 Å². The Bertz CT molecular complexity index is 1010. The van der Waals surface area contributed by atoms with Crippen LogP contribution in [0.2, 0.25) is 0 Å². The minimum absolute atomic E-state index is 0.111. The maximum absolute atomic E-state index is 13.2. The van der Waals surface area contributed by atoms with Crippen LogP contribution in [0.15, 0.2) is 48.5 Å². The molecule has 8 heteroatoms. The number of rotatable bonds is 7. The van der Waals surface area contributed by atoms with E-state index in [4.69, 9.17) is 4.74 Å². The molecule has 33 heavy (non-hydrogen) atoms. The van der Waals surface area contributed by atoms with Crippen LogP contribution in [-0.4, -0.2) is 54.9 Å². The Morgan fingerprint density at radius 2 is 1.67 bits per heavy atom. The minimum Gasteiger partial charge on any atom is -0.496 e. The van der Waals surface area contributed by atoms with E-state index >= 15 is 0 Å². The van der Waals surface area contributed by atoms with Gasteiger partial charge in [0.25, 0.3) is 11.8 Å². The molecule has 0 radical (unpaired) electrons. The first kappa shape index (κ1) is 22.8. The summed E-state index contributed by atoms with van der Waals surface area (Å²) in [5.74, 6) is -0.754. The van der Waals surface area contributed by atoms with Crippen LogP contribution in [0, 0.1) is 11.7 Å². The van der Waals surface area contributed by atoms with Crippen LogP contribution in [0.4, 0.5) is 4.39 Å². The Kier molecular flexibility index (Phi) is 6.91. The van der Waals surface area contributed by atoms with Gasteiger partial charge in [-0.25, -0.2) is 4.39 Å². The zero-order chi connectivity index (χ0) is 23.4. The molecule has 1 aliphatic carbocycles. The first-order valence-electron chi connectivity index (χ1n) is 11.3. The molecule has 4 rings (SSSR count). The number of para-hydroxylation sites is 1. The summed E-state index contributed by atoms with van der Waals surface area (Å²) >= 11 is 0. The van der Waals surface area contributed by atoms with E-state index in [-0.39, 0.29) is 23.8 Å². The number of carbonyl (C=O) groups excluding carboxylic acids is 3. The van der Waals surface area contributed by atoms with Gasteiger partial charge in [-0.3, -0.25) is 14.4 Å². The van der Waals surface area contributed by atoms with Crippen LogP contribution in [0.5, 0.6) is 5.75 Å². The Labute approximate surface area is 192 Å². The minimum atomic E-state index is -0.716. The predicted molar refractivity (Wildman–Crippen MR) is 120 cm³/mol. The van der Waals surface area contributed by atoms with Crippen molar-refractivity contribution in [1.29, 1.82) is 0 Å². The Hall–Kier alpha value is -3.42. The first-order valence-corrected chi connectivity index (χ1v) is 11.3. The molecule has 1 heterocycles. The Morgan fingerprint density at radius 3 is 2.30 bits per heavy atom. The summed E-state index contributed by atoms with van der Waals surface area (Å²) < 4.78 is 18.5. The first-order chi connectivity index (χ1) is 16.0. The van der Waals surface area contributed by atoms with Crippen molar-refractivity contribution in [2.75, 3.05) is 20.2 Å². The summed E-state index contributed by atoms with van der Waals surface area (Å²) in [5.41, 5.74) is 0.801. The van der Waals surface area contributed by atoms with E-state index in [9.17, 15) is 18.8 Å². The summed E-state index contributed by atoms with van der Waals surface area (Å²) in [6.07, 6.45) is 3.03. The molecule has 1 aliphatic heterocycles. The van der Waals surface area contributed by atoms with Gasteiger partial charge in [-0.15, -0.1) is 0 Å². The number of hydrogen-bond donors (Lipinski definition) is 2. The lowest BCUT2D eigenvalue weighted by Crippen LogP contribution is -2.54. The Morgan fingerprint density at radius 1 is 1.00 bits per heavy atom. The topological polar surface area (TPSA) is 87.7 Å². The van der Waals surface area contributed by atoms with Crippen LogP contribution < -0.4 is 15.4 Å². The number of hydrogen-bond acceptors (Lipinski definition) is 4. The number of methoxy groups -OCH3 is 1. The molecular weight excluding hydrogens is 425 g/mol. The van der Waals surface area contributed by atoms with E-state index in [0.29, 0.717) is 42.8 Å². The molecule has 1 saturated carbocycles. The quantitative estimate of drug-likeness (QED) is 0.675. The normalized spacial score (nSPS) is 17.2. The van der Waals surface area contributed by atoms with Crippen molar-refractivity contribution in [3.8, 4) is 5.75 Å². The second kappa shape index (κ2) is 10.0. The molecule has 2 aromatic rings. The maximum Gasteiger partial charge on any atom is 0.257 e. The SMILES string of the molecule is COc1ccccc1C(=O)N1CCC([C@@H](NC(=O)c2ccc(F)cc2)C(=O)NC2CC2)CC1. The standard InChI is InChI=1S/C25H28FN3O4/c1-33-21-5-3-2-4-20(21)25(32)29-14-12-16(13-15-29)22(24(31)27-19-10-11-19)28-23(30)17-6-8-18(26)9-7-17/h2-9,16,19,22H,10-15H2,1H3,(H,27,31)(H,28,30)/t22-/m1/s1. The molecule has 2 N–H and O–H groups in total. The van der Waals surface area contributed by atoms with Crippen LogP contribution in [0.3, 0.4) is 0 Å². The molecule has 7 nitrogen and oxygen atoms in total. The van der Waals surface area contributed by atoms with Crippen LogP contribution in [0.1, 0.15) is 46.4 Å². The molecule has 2 fully saturated rings. The fraction of sp³-hybridized carbons (Fsp3) is 0.400. The molecule has 3 amide bonds. The van der Waals surface area contributed by atoms with E-state index in [2.05, 4.69) is 10.6 Å². The highest BCUT2D eigenvalue weighted by molar-refractivity contribution is 5.98. The number of halogens is 1. The van der Waals surface area contributed by atoms with E-state index < -0.39 is 17.8 Å². The van der Waals surface area contributed by atoms with Crippen molar-refractivity contribution >= 4 is 17.7 Å². The maximum atomic E-state index is 13.2. The Balaban J connectivity index is 1.43. The lowest BCUT2D eigenvalue weighted by atomic mass is 9.88. The number of nitrogens with zero attached hydrogens (tertiary/aromatic N) is 1.